The number of ether oxygens (including phenoxy) is 1. The number of piperidine rings is 1. The first kappa shape index (κ1) is 24.5. The number of phenols is 1. The second kappa shape index (κ2) is 11.7. The van der Waals surface area contributed by atoms with Crippen molar-refractivity contribution in [3.05, 3.63) is 59.9 Å². The molecule has 2 aliphatic heterocycles. The van der Waals surface area contributed by atoms with Crippen molar-refractivity contribution in [3.8, 4) is 11.5 Å². The second-order valence-electron chi connectivity index (χ2n) is 9.78. The Morgan fingerprint density at radius 1 is 1.21 bits per heavy atom. The molecule has 7 heteroatoms. The van der Waals surface area contributed by atoms with Gasteiger partial charge in [-0.15, -0.1) is 0 Å². The van der Waals surface area contributed by atoms with E-state index in [4.69, 9.17) is 4.74 Å². The van der Waals surface area contributed by atoms with E-state index in [0.29, 0.717) is 38.0 Å². The van der Waals surface area contributed by atoms with Gasteiger partial charge in [0.1, 0.15) is 17.3 Å². The van der Waals surface area contributed by atoms with Gasteiger partial charge in [-0.25, -0.2) is 4.39 Å². The Balaban J connectivity index is 1.35. The van der Waals surface area contributed by atoms with Crippen molar-refractivity contribution < 1.29 is 19.0 Å². The molecule has 2 N–H and O–H groups in total. The molecule has 6 nitrogen and oxygen atoms in total. The molecular formula is C27H36FN3O3. The number of benzene rings is 2. The molecule has 1 amide bonds. The topological polar surface area (TPSA) is 65.0 Å². The minimum atomic E-state index is -0.319. The molecule has 184 valence electrons. The van der Waals surface area contributed by atoms with Crippen LogP contribution in [0.15, 0.2) is 48.5 Å². The molecule has 34 heavy (non-hydrogen) atoms. The highest BCUT2D eigenvalue weighted by Crippen LogP contribution is 2.26. The molecule has 1 unspecified atom stereocenters. The van der Waals surface area contributed by atoms with E-state index in [-0.39, 0.29) is 29.3 Å². The smallest absolute Gasteiger partial charge is 0.224 e. The highest BCUT2D eigenvalue weighted by molar-refractivity contribution is 5.79. The van der Waals surface area contributed by atoms with E-state index < -0.39 is 0 Å². The third-order valence-corrected chi connectivity index (χ3v) is 7.06. The lowest BCUT2D eigenvalue weighted by Crippen LogP contribution is -2.47. The standard InChI is InChI=1S/C27H36FN3O3/c1-30-13-3-5-24(30)11-12-29-27(33)22-14-21(19-34-26-6-2-4-23(28)15-26)17-31(18-22)16-20-7-9-25(32)10-8-20/h2,4,6-10,15,21-22,24,32H,3,5,11-14,16-19H2,1H3,(H,29,33)/t21-,22+,24?/m0/s1. The Morgan fingerprint density at radius 3 is 2.76 bits per heavy atom. The van der Waals surface area contributed by atoms with E-state index in [1.54, 1.807) is 24.3 Å². The highest BCUT2D eigenvalue weighted by Gasteiger charge is 2.32. The lowest BCUT2D eigenvalue weighted by atomic mass is 9.88. The zero-order valence-electron chi connectivity index (χ0n) is 20.0. The molecule has 2 aromatic rings. The Hall–Kier alpha value is -2.64. The molecule has 0 aliphatic carbocycles. The van der Waals surface area contributed by atoms with Crippen molar-refractivity contribution in [2.75, 3.05) is 39.8 Å². The number of carbonyl (C=O) groups is 1. The molecule has 0 radical (unpaired) electrons. The minimum absolute atomic E-state index is 0.104. The Bertz CT molecular complexity index is 939. The number of hydrogen-bond acceptors (Lipinski definition) is 5. The van der Waals surface area contributed by atoms with Crippen LogP contribution in [-0.2, 0) is 11.3 Å². The van der Waals surface area contributed by atoms with Crippen molar-refractivity contribution in [2.24, 2.45) is 11.8 Å². The fourth-order valence-electron chi connectivity index (χ4n) is 5.22. The van der Waals surface area contributed by atoms with Gasteiger partial charge < -0.3 is 20.1 Å². The molecule has 2 aromatic carbocycles. The summed E-state index contributed by atoms with van der Waals surface area (Å²) in [5.41, 5.74) is 1.09. The normalized spacial score (nSPS) is 23.6. The maximum absolute atomic E-state index is 13.5. The highest BCUT2D eigenvalue weighted by atomic mass is 19.1. The van der Waals surface area contributed by atoms with Crippen LogP contribution in [0.25, 0.3) is 0 Å². The molecule has 0 saturated carbocycles. The largest absolute Gasteiger partial charge is 0.508 e. The van der Waals surface area contributed by atoms with Crippen LogP contribution in [0.4, 0.5) is 4.39 Å². The van der Waals surface area contributed by atoms with Gasteiger partial charge in [-0.3, -0.25) is 9.69 Å². The van der Waals surface area contributed by atoms with Crippen molar-refractivity contribution >= 4 is 5.91 Å². The first-order chi connectivity index (χ1) is 16.5. The summed E-state index contributed by atoms with van der Waals surface area (Å²) in [6.07, 6.45) is 4.17. The van der Waals surface area contributed by atoms with Gasteiger partial charge in [0.05, 0.1) is 12.5 Å². The number of rotatable bonds is 9. The number of aromatic hydroxyl groups is 1. The van der Waals surface area contributed by atoms with Gasteiger partial charge in [-0.1, -0.05) is 18.2 Å². The van der Waals surface area contributed by atoms with Gasteiger partial charge >= 0.3 is 0 Å². The van der Waals surface area contributed by atoms with Crippen molar-refractivity contribution in [2.45, 2.75) is 38.3 Å². The number of halogens is 1. The molecule has 0 bridgehead atoms. The number of phenolic OH excluding ortho intramolecular Hbond substituents is 1. The van der Waals surface area contributed by atoms with Gasteiger partial charge in [0.15, 0.2) is 0 Å². The first-order valence-electron chi connectivity index (χ1n) is 12.3. The van der Waals surface area contributed by atoms with Crippen molar-refractivity contribution in [1.29, 1.82) is 0 Å². The van der Waals surface area contributed by atoms with E-state index in [1.807, 2.05) is 12.1 Å². The van der Waals surface area contributed by atoms with Crippen LogP contribution in [0.1, 0.15) is 31.2 Å². The minimum Gasteiger partial charge on any atom is -0.508 e. The number of hydrogen-bond donors (Lipinski definition) is 2. The van der Waals surface area contributed by atoms with Crippen molar-refractivity contribution in [1.82, 2.24) is 15.1 Å². The third-order valence-electron chi connectivity index (χ3n) is 7.06. The van der Waals surface area contributed by atoms with Crippen LogP contribution in [0.5, 0.6) is 11.5 Å². The number of likely N-dealkylation sites (tertiary alicyclic amines) is 2. The summed E-state index contributed by atoms with van der Waals surface area (Å²) in [6, 6.07) is 13.9. The van der Waals surface area contributed by atoms with E-state index in [1.165, 1.54) is 25.0 Å². The van der Waals surface area contributed by atoms with Gasteiger partial charge in [-0.05, 0) is 69.1 Å². The molecule has 0 aromatic heterocycles. The van der Waals surface area contributed by atoms with E-state index >= 15 is 0 Å². The molecule has 4 rings (SSSR count). The van der Waals surface area contributed by atoms with Gasteiger partial charge in [0, 0.05) is 44.2 Å². The van der Waals surface area contributed by atoms with Crippen LogP contribution in [0.2, 0.25) is 0 Å². The summed E-state index contributed by atoms with van der Waals surface area (Å²) >= 11 is 0. The average Bonchev–Trinajstić information content (AvgIpc) is 3.23. The number of carbonyl (C=O) groups excluding carboxylic acids is 1. The summed E-state index contributed by atoms with van der Waals surface area (Å²) in [5.74, 6) is 0.581. The summed E-state index contributed by atoms with van der Waals surface area (Å²) < 4.78 is 19.4. The van der Waals surface area contributed by atoms with E-state index in [2.05, 4.69) is 22.2 Å². The molecule has 2 saturated heterocycles. The average molecular weight is 470 g/mol. The van der Waals surface area contributed by atoms with Gasteiger partial charge in [-0.2, -0.15) is 0 Å². The third kappa shape index (κ3) is 6.93. The quantitative estimate of drug-likeness (QED) is 0.587. The van der Waals surface area contributed by atoms with Gasteiger partial charge in [0.25, 0.3) is 0 Å². The summed E-state index contributed by atoms with van der Waals surface area (Å²) in [4.78, 5) is 17.7. The summed E-state index contributed by atoms with van der Waals surface area (Å²) in [6.45, 7) is 4.46. The van der Waals surface area contributed by atoms with Crippen LogP contribution >= 0.6 is 0 Å². The Morgan fingerprint density at radius 2 is 2.03 bits per heavy atom. The Labute approximate surface area is 201 Å². The predicted octanol–water partition coefficient (Wildman–Crippen LogP) is 3.65. The molecule has 2 heterocycles. The van der Waals surface area contributed by atoms with E-state index in [0.717, 1.165) is 31.5 Å². The SMILES string of the molecule is CN1CCCC1CCNC(=O)[C@@H]1C[C@H](COc2cccc(F)c2)CN(Cc2ccc(O)cc2)C1. The van der Waals surface area contributed by atoms with Crippen molar-refractivity contribution in [3.63, 3.8) is 0 Å². The summed E-state index contributed by atoms with van der Waals surface area (Å²) in [7, 11) is 2.16. The van der Waals surface area contributed by atoms with E-state index in [9.17, 15) is 14.3 Å². The predicted molar refractivity (Wildman–Crippen MR) is 130 cm³/mol. The zero-order valence-corrected chi connectivity index (χ0v) is 20.0. The molecule has 2 aliphatic rings. The lowest BCUT2D eigenvalue weighted by molar-refractivity contribution is -0.127. The number of nitrogens with zero attached hydrogens (tertiary/aromatic N) is 2. The summed E-state index contributed by atoms with van der Waals surface area (Å²) in [5, 5.41) is 12.8. The molecule has 0 spiro atoms. The molecule has 3 atom stereocenters. The first-order valence-corrected chi connectivity index (χ1v) is 12.3. The maximum Gasteiger partial charge on any atom is 0.224 e. The van der Waals surface area contributed by atoms with Crippen LogP contribution in [0, 0.1) is 17.7 Å². The van der Waals surface area contributed by atoms with Crippen LogP contribution < -0.4 is 10.1 Å². The number of nitrogens with one attached hydrogen (secondary N) is 1. The zero-order chi connectivity index (χ0) is 23.9. The number of amides is 1. The lowest BCUT2D eigenvalue weighted by Gasteiger charge is -2.37. The monoisotopic (exact) mass is 469 g/mol. The maximum atomic E-state index is 13.5. The van der Waals surface area contributed by atoms with Gasteiger partial charge in [0.2, 0.25) is 5.91 Å². The molecule has 2 fully saturated rings. The Kier molecular flexibility index (Phi) is 8.40. The van der Waals surface area contributed by atoms with Crippen LogP contribution in [-0.4, -0.2) is 66.7 Å². The fourth-order valence-corrected chi connectivity index (χ4v) is 5.22. The fraction of sp³-hybridized carbons (Fsp3) is 0.519. The molecular weight excluding hydrogens is 433 g/mol. The second-order valence-corrected chi connectivity index (χ2v) is 9.78. The van der Waals surface area contributed by atoms with Crippen LogP contribution in [0.3, 0.4) is 0 Å².